The van der Waals surface area contributed by atoms with Gasteiger partial charge in [0.25, 0.3) is 5.91 Å². The third-order valence-electron chi connectivity index (χ3n) is 5.60. The average Bonchev–Trinajstić information content (AvgIpc) is 3.45. The number of thiophene rings is 1. The number of aromatic nitrogens is 1. The number of hydrogen-bond donors (Lipinski definition) is 1. The second kappa shape index (κ2) is 9.82. The van der Waals surface area contributed by atoms with Gasteiger partial charge in [0, 0.05) is 11.1 Å². The Hall–Kier alpha value is -3.81. The third kappa shape index (κ3) is 4.60. The van der Waals surface area contributed by atoms with Crippen LogP contribution in [0.15, 0.2) is 78.9 Å². The van der Waals surface area contributed by atoms with Gasteiger partial charge in [-0.25, -0.2) is 9.78 Å². The summed E-state index contributed by atoms with van der Waals surface area (Å²) in [5, 5.41) is 4.37. The highest BCUT2D eigenvalue weighted by Gasteiger charge is 2.25. The molecule has 0 aliphatic rings. The highest BCUT2D eigenvalue weighted by molar-refractivity contribution is 7.23. The summed E-state index contributed by atoms with van der Waals surface area (Å²) in [5.41, 5.74) is 5.04. The second-order valence-corrected chi connectivity index (χ2v) is 9.92. The second-order valence-electron chi connectivity index (χ2n) is 7.87. The van der Waals surface area contributed by atoms with E-state index in [0.717, 1.165) is 37.5 Å². The highest BCUT2D eigenvalue weighted by Crippen LogP contribution is 2.43. The molecule has 0 aliphatic carbocycles. The van der Waals surface area contributed by atoms with Crippen molar-refractivity contribution >= 4 is 49.8 Å². The zero-order valence-corrected chi connectivity index (χ0v) is 20.8. The van der Waals surface area contributed by atoms with Gasteiger partial charge in [0.2, 0.25) is 0 Å². The quantitative estimate of drug-likeness (QED) is 0.247. The fraction of sp³-hybridized carbons (Fsp3) is 0.107. The SMILES string of the molecule is CCOC(=O)c1sc(NC(=O)c2ccc(-c3ccccc3)cc2)c(-c2nc3ccccc3s2)c1C. The van der Waals surface area contributed by atoms with Gasteiger partial charge in [-0.1, -0.05) is 54.6 Å². The summed E-state index contributed by atoms with van der Waals surface area (Å²) in [6.07, 6.45) is 0. The zero-order chi connectivity index (χ0) is 24.4. The lowest BCUT2D eigenvalue weighted by Crippen LogP contribution is -2.11. The van der Waals surface area contributed by atoms with Crippen molar-refractivity contribution in [1.29, 1.82) is 0 Å². The summed E-state index contributed by atoms with van der Waals surface area (Å²) < 4.78 is 6.30. The molecule has 0 saturated heterocycles. The van der Waals surface area contributed by atoms with Crippen LogP contribution >= 0.6 is 22.7 Å². The molecule has 2 heterocycles. The number of rotatable bonds is 6. The van der Waals surface area contributed by atoms with E-state index in [1.807, 2.05) is 85.8 Å². The van der Waals surface area contributed by atoms with Gasteiger partial charge in [-0.05, 0) is 54.8 Å². The monoisotopic (exact) mass is 498 g/mol. The van der Waals surface area contributed by atoms with Crippen molar-refractivity contribution in [3.05, 3.63) is 94.9 Å². The normalized spacial score (nSPS) is 10.9. The summed E-state index contributed by atoms with van der Waals surface area (Å²) in [6, 6.07) is 25.4. The average molecular weight is 499 g/mol. The zero-order valence-electron chi connectivity index (χ0n) is 19.2. The van der Waals surface area contributed by atoms with E-state index < -0.39 is 5.97 Å². The Kier molecular flexibility index (Phi) is 6.44. The molecule has 0 fully saturated rings. The number of carbonyl (C=O) groups excluding carboxylic acids is 2. The maximum atomic E-state index is 13.2. The first-order valence-electron chi connectivity index (χ1n) is 11.2. The third-order valence-corrected chi connectivity index (χ3v) is 7.84. The van der Waals surface area contributed by atoms with Crippen molar-refractivity contribution < 1.29 is 14.3 Å². The molecular formula is C28H22N2O3S2. The van der Waals surface area contributed by atoms with Crippen LogP contribution in [-0.2, 0) is 4.74 Å². The summed E-state index contributed by atoms with van der Waals surface area (Å²) >= 11 is 2.75. The number of nitrogens with one attached hydrogen (secondary N) is 1. The minimum Gasteiger partial charge on any atom is -0.462 e. The largest absolute Gasteiger partial charge is 0.462 e. The van der Waals surface area contributed by atoms with Crippen LogP contribution in [0.25, 0.3) is 31.9 Å². The van der Waals surface area contributed by atoms with Crippen molar-refractivity contribution in [2.75, 3.05) is 11.9 Å². The van der Waals surface area contributed by atoms with Crippen LogP contribution in [0.3, 0.4) is 0 Å². The molecule has 1 N–H and O–H groups in total. The molecule has 0 spiro atoms. The summed E-state index contributed by atoms with van der Waals surface area (Å²) in [5.74, 6) is -0.645. The molecule has 0 atom stereocenters. The van der Waals surface area contributed by atoms with Gasteiger partial charge in [-0.15, -0.1) is 22.7 Å². The van der Waals surface area contributed by atoms with E-state index >= 15 is 0 Å². The Morgan fingerprint density at radius 2 is 1.57 bits per heavy atom. The number of nitrogens with zero attached hydrogens (tertiary/aromatic N) is 1. The maximum absolute atomic E-state index is 13.2. The fourth-order valence-corrected chi connectivity index (χ4v) is 6.09. The predicted molar refractivity (Wildman–Crippen MR) is 143 cm³/mol. The summed E-state index contributed by atoms with van der Waals surface area (Å²) in [7, 11) is 0. The van der Waals surface area contributed by atoms with Crippen molar-refractivity contribution in [2.24, 2.45) is 0 Å². The highest BCUT2D eigenvalue weighted by atomic mass is 32.1. The van der Waals surface area contributed by atoms with Crippen LogP contribution in [0.4, 0.5) is 5.00 Å². The van der Waals surface area contributed by atoms with Gasteiger partial charge in [0.15, 0.2) is 0 Å². The van der Waals surface area contributed by atoms with Gasteiger partial charge < -0.3 is 10.1 Å². The molecule has 0 aliphatic heterocycles. The summed E-state index contributed by atoms with van der Waals surface area (Å²) in [6.45, 7) is 3.92. The molecule has 7 heteroatoms. The number of thiazole rings is 1. The first-order chi connectivity index (χ1) is 17.0. The van der Waals surface area contributed by atoms with E-state index in [-0.39, 0.29) is 12.5 Å². The number of esters is 1. The minimum absolute atomic E-state index is 0.247. The lowest BCUT2D eigenvalue weighted by Gasteiger charge is -2.07. The topological polar surface area (TPSA) is 68.3 Å². The Morgan fingerprint density at radius 3 is 2.29 bits per heavy atom. The van der Waals surface area contributed by atoms with Gasteiger partial charge in [-0.3, -0.25) is 4.79 Å². The van der Waals surface area contributed by atoms with Gasteiger partial charge >= 0.3 is 5.97 Å². The van der Waals surface area contributed by atoms with Crippen molar-refractivity contribution in [3.8, 4) is 21.7 Å². The standard InChI is InChI=1S/C28H22N2O3S2/c1-3-33-28(32)24-17(2)23(26-29-21-11-7-8-12-22(21)34-26)27(35-24)30-25(31)20-15-13-19(14-16-20)18-9-5-4-6-10-18/h4-16H,3H2,1-2H3,(H,30,31). The van der Waals surface area contributed by atoms with Crippen LogP contribution in [0.2, 0.25) is 0 Å². The molecule has 5 nitrogen and oxygen atoms in total. The Morgan fingerprint density at radius 1 is 0.886 bits per heavy atom. The van der Waals surface area contributed by atoms with E-state index in [1.54, 1.807) is 6.92 Å². The van der Waals surface area contributed by atoms with Crippen molar-refractivity contribution in [2.45, 2.75) is 13.8 Å². The first kappa shape index (κ1) is 23.0. The number of anilines is 1. The first-order valence-corrected chi connectivity index (χ1v) is 12.8. The molecular weight excluding hydrogens is 476 g/mol. The molecule has 5 aromatic rings. The molecule has 0 saturated carbocycles. The molecule has 0 bridgehead atoms. The molecule has 0 radical (unpaired) electrons. The molecule has 35 heavy (non-hydrogen) atoms. The Bertz CT molecular complexity index is 1490. The van der Waals surface area contributed by atoms with Crippen LogP contribution in [0.1, 0.15) is 32.5 Å². The number of para-hydroxylation sites is 1. The number of ether oxygens (including phenoxy) is 1. The van der Waals surface area contributed by atoms with Crippen LogP contribution < -0.4 is 5.32 Å². The van der Waals surface area contributed by atoms with Crippen molar-refractivity contribution in [1.82, 2.24) is 4.98 Å². The number of carbonyl (C=O) groups is 2. The van der Waals surface area contributed by atoms with E-state index in [2.05, 4.69) is 5.32 Å². The van der Waals surface area contributed by atoms with Crippen molar-refractivity contribution in [3.63, 3.8) is 0 Å². The minimum atomic E-state index is -0.398. The lowest BCUT2D eigenvalue weighted by atomic mass is 10.0. The number of benzene rings is 3. The van der Waals surface area contributed by atoms with E-state index in [4.69, 9.17) is 9.72 Å². The van der Waals surface area contributed by atoms with Crippen LogP contribution in [-0.4, -0.2) is 23.5 Å². The molecule has 5 rings (SSSR count). The van der Waals surface area contributed by atoms with E-state index in [0.29, 0.717) is 15.4 Å². The van der Waals surface area contributed by atoms with Crippen LogP contribution in [0, 0.1) is 6.92 Å². The predicted octanol–water partition coefficient (Wildman–Crippen LogP) is 7.43. The van der Waals surface area contributed by atoms with Gasteiger partial charge in [0.1, 0.15) is 14.9 Å². The van der Waals surface area contributed by atoms with Gasteiger partial charge in [0.05, 0.1) is 16.8 Å². The lowest BCUT2D eigenvalue weighted by molar-refractivity contribution is 0.0531. The Labute approximate surface area is 211 Å². The molecule has 2 aromatic heterocycles. The molecule has 1 amide bonds. The van der Waals surface area contributed by atoms with E-state index in [1.165, 1.54) is 22.7 Å². The number of hydrogen-bond acceptors (Lipinski definition) is 6. The number of fused-ring (bicyclic) bond motifs is 1. The smallest absolute Gasteiger partial charge is 0.348 e. The number of amides is 1. The Balaban J connectivity index is 1.50. The molecule has 174 valence electrons. The van der Waals surface area contributed by atoms with E-state index in [9.17, 15) is 9.59 Å². The van der Waals surface area contributed by atoms with Crippen LogP contribution in [0.5, 0.6) is 0 Å². The molecule has 3 aromatic carbocycles. The molecule has 0 unspecified atom stereocenters. The maximum Gasteiger partial charge on any atom is 0.348 e. The summed E-state index contributed by atoms with van der Waals surface area (Å²) in [4.78, 5) is 31.1. The fourth-order valence-electron chi connectivity index (χ4n) is 3.85. The van der Waals surface area contributed by atoms with Gasteiger partial charge in [-0.2, -0.15) is 0 Å².